The summed E-state index contributed by atoms with van der Waals surface area (Å²) in [6, 6.07) is 2.73. The van der Waals surface area contributed by atoms with Gasteiger partial charge >= 0.3 is 0 Å². The monoisotopic (exact) mass is 302 g/mol. The van der Waals surface area contributed by atoms with Crippen LogP contribution in [0.4, 0.5) is 4.39 Å². The molecule has 0 bridgehead atoms. The molecule has 0 saturated carbocycles. The lowest BCUT2D eigenvalue weighted by molar-refractivity contribution is 0.0935. The Hall–Kier alpha value is -1.47. The van der Waals surface area contributed by atoms with Gasteiger partial charge in [-0.2, -0.15) is 0 Å². The van der Waals surface area contributed by atoms with Gasteiger partial charge in [0.25, 0.3) is 5.91 Å². The van der Waals surface area contributed by atoms with Gasteiger partial charge < -0.3 is 5.32 Å². The highest BCUT2D eigenvalue weighted by atomic mass is 32.2. The summed E-state index contributed by atoms with van der Waals surface area (Å²) in [5.74, 6) is -0.946. The summed E-state index contributed by atoms with van der Waals surface area (Å²) in [5, 5.41) is 7.63. The van der Waals surface area contributed by atoms with E-state index in [0.29, 0.717) is 5.92 Å². The van der Waals surface area contributed by atoms with Crippen molar-refractivity contribution in [3.8, 4) is 0 Å². The number of nitrogens with one attached hydrogen (secondary N) is 1. The Balaban J connectivity index is 2.97. The molecule has 1 rings (SSSR count). The van der Waals surface area contributed by atoms with Crippen LogP contribution >= 0.6 is 0 Å². The molecule has 0 aliphatic heterocycles. The summed E-state index contributed by atoms with van der Waals surface area (Å²) in [6.45, 7) is 5.87. The molecule has 1 aromatic rings. The summed E-state index contributed by atoms with van der Waals surface area (Å²) in [6.07, 6.45) is 0.767. The van der Waals surface area contributed by atoms with Gasteiger partial charge in [0.2, 0.25) is 10.0 Å². The van der Waals surface area contributed by atoms with Crippen LogP contribution in [0.5, 0.6) is 0 Å². The van der Waals surface area contributed by atoms with Gasteiger partial charge in [0.05, 0.1) is 4.90 Å². The SMILES string of the molecule is CC(C)CC(C)NC(=O)c1cc(F)cc(S(N)(=O)=O)c1. The zero-order valence-electron chi connectivity index (χ0n) is 11.7. The van der Waals surface area contributed by atoms with E-state index in [0.717, 1.165) is 24.6 Å². The van der Waals surface area contributed by atoms with Crippen molar-refractivity contribution >= 4 is 15.9 Å². The molecule has 0 radical (unpaired) electrons. The van der Waals surface area contributed by atoms with Crippen molar-refractivity contribution in [1.82, 2.24) is 5.32 Å². The molecular weight excluding hydrogens is 283 g/mol. The minimum absolute atomic E-state index is 0.0652. The summed E-state index contributed by atoms with van der Waals surface area (Å²) in [7, 11) is -4.05. The number of rotatable bonds is 5. The predicted molar refractivity (Wildman–Crippen MR) is 74.2 cm³/mol. The molecule has 0 fully saturated rings. The van der Waals surface area contributed by atoms with Gasteiger partial charge in [-0.1, -0.05) is 13.8 Å². The molecular formula is C13H19FN2O3S. The molecule has 1 unspecified atom stereocenters. The average Bonchev–Trinajstić information content (AvgIpc) is 2.25. The maximum atomic E-state index is 13.4. The van der Waals surface area contributed by atoms with Crippen molar-refractivity contribution in [2.45, 2.75) is 38.1 Å². The number of hydrogen-bond acceptors (Lipinski definition) is 3. The van der Waals surface area contributed by atoms with E-state index in [1.165, 1.54) is 0 Å². The van der Waals surface area contributed by atoms with Crippen LogP contribution in [-0.4, -0.2) is 20.4 Å². The first-order chi connectivity index (χ1) is 9.09. The van der Waals surface area contributed by atoms with Gasteiger partial charge in [-0.25, -0.2) is 17.9 Å². The lowest BCUT2D eigenvalue weighted by Crippen LogP contribution is -2.33. The van der Waals surface area contributed by atoms with Crippen LogP contribution in [0.15, 0.2) is 23.1 Å². The third kappa shape index (κ3) is 4.90. The molecule has 0 saturated heterocycles. The Bertz CT molecular complexity index is 600. The second kappa shape index (κ2) is 6.32. The van der Waals surface area contributed by atoms with E-state index in [1.54, 1.807) is 0 Å². The van der Waals surface area contributed by atoms with Crippen molar-refractivity contribution < 1.29 is 17.6 Å². The fourth-order valence-corrected chi connectivity index (χ4v) is 2.50. The molecule has 5 nitrogen and oxygen atoms in total. The summed E-state index contributed by atoms with van der Waals surface area (Å²) in [4.78, 5) is 11.5. The molecule has 112 valence electrons. The summed E-state index contributed by atoms with van der Waals surface area (Å²) >= 11 is 0. The van der Waals surface area contributed by atoms with Crippen LogP contribution in [0, 0.1) is 11.7 Å². The third-order valence-electron chi connectivity index (χ3n) is 2.66. The minimum atomic E-state index is -4.05. The number of hydrogen-bond donors (Lipinski definition) is 2. The van der Waals surface area contributed by atoms with E-state index >= 15 is 0 Å². The quantitative estimate of drug-likeness (QED) is 0.866. The van der Waals surface area contributed by atoms with Gasteiger partial charge in [-0.3, -0.25) is 4.79 Å². The van der Waals surface area contributed by atoms with Crippen LogP contribution in [0.1, 0.15) is 37.6 Å². The fourth-order valence-electron chi connectivity index (χ4n) is 1.93. The van der Waals surface area contributed by atoms with Crippen molar-refractivity contribution in [1.29, 1.82) is 0 Å². The highest BCUT2D eigenvalue weighted by molar-refractivity contribution is 7.89. The number of nitrogens with two attached hydrogens (primary N) is 1. The fraction of sp³-hybridized carbons (Fsp3) is 0.462. The predicted octanol–water partition coefficient (Wildman–Crippen LogP) is 1.64. The maximum absolute atomic E-state index is 13.4. The van der Waals surface area contributed by atoms with E-state index < -0.39 is 26.6 Å². The van der Waals surface area contributed by atoms with Crippen LogP contribution in [-0.2, 0) is 10.0 Å². The number of primary sulfonamides is 1. The molecule has 3 N–H and O–H groups in total. The van der Waals surface area contributed by atoms with E-state index in [2.05, 4.69) is 5.32 Å². The average molecular weight is 302 g/mol. The van der Waals surface area contributed by atoms with Crippen LogP contribution in [0.2, 0.25) is 0 Å². The molecule has 7 heteroatoms. The largest absolute Gasteiger partial charge is 0.350 e. The highest BCUT2D eigenvalue weighted by Crippen LogP contribution is 2.14. The van der Waals surface area contributed by atoms with Gasteiger partial charge in [0.1, 0.15) is 5.82 Å². The molecule has 0 heterocycles. The van der Waals surface area contributed by atoms with Crippen molar-refractivity contribution in [2.75, 3.05) is 0 Å². The van der Waals surface area contributed by atoms with Gasteiger partial charge in [-0.05, 0) is 37.5 Å². The van der Waals surface area contributed by atoms with E-state index in [1.807, 2.05) is 20.8 Å². The molecule has 0 spiro atoms. The molecule has 0 aliphatic carbocycles. The number of carbonyl (C=O) groups is 1. The first-order valence-corrected chi connectivity index (χ1v) is 7.78. The summed E-state index contributed by atoms with van der Waals surface area (Å²) in [5.41, 5.74) is -0.0652. The normalized spacial score (nSPS) is 13.3. The standard InChI is InChI=1S/C13H19FN2O3S/c1-8(2)4-9(3)16-13(17)10-5-11(14)7-12(6-10)20(15,18)19/h5-9H,4H2,1-3H3,(H,16,17)(H2,15,18,19). The van der Waals surface area contributed by atoms with Crippen molar-refractivity contribution in [2.24, 2.45) is 11.1 Å². The minimum Gasteiger partial charge on any atom is -0.350 e. The topological polar surface area (TPSA) is 89.3 Å². The Morgan fingerprint density at radius 1 is 1.30 bits per heavy atom. The Morgan fingerprint density at radius 2 is 1.90 bits per heavy atom. The van der Waals surface area contributed by atoms with Crippen molar-refractivity contribution in [3.63, 3.8) is 0 Å². The second-order valence-electron chi connectivity index (χ2n) is 5.22. The zero-order chi connectivity index (χ0) is 15.5. The molecule has 0 aromatic heterocycles. The van der Waals surface area contributed by atoms with E-state index in [9.17, 15) is 17.6 Å². The van der Waals surface area contributed by atoms with E-state index in [4.69, 9.17) is 5.14 Å². The van der Waals surface area contributed by atoms with Crippen molar-refractivity contribution in [3.05, 3.63) is 29.6 Å². The zero-order valence-corrected chi connectivity index (χ0v) is 12.5. The third-order valence-corrected chi connectivity index (χ3v) is 3.56. The lowest BCUT2D eigenvalue weighted by atomic mass is 10.0. The number of benzene rings is 1. The smallest absolute Gasteiger partial charge is 0.251 e. The van der Waals surface area contributed by atoms with Gasteiger partial charge in [0, 0.05) is 11.6 Å². The van der Waals surface area contributed by atoms with Gasteiger partial charge in [0.15, 0.2) is 0 Å². The summed E-state index contributed by atoms with van der Waals surface area (Å²) < 4.78 is 35.8. The Labute approximate surface area is 118 Å². The van der Waals surface area contributed by atoms with Crippen LogP contribution in [0.25, 0.3) is 0 Å². The molecule has 1 atom stereocenters. The number of halogens is 1. The maximum Gasteiger partial charge on any atom is 0.251 e. The van der Waals surface area contributed by atoms with E-state index in [-0.39, 0.29) is 11.6 Å². The highest BCUT2D eigenvalue weighted by Gasteiger charge is 2.16. The Kier molecular flexibility index (Phi) is 5.24. The molecule has 1 aromatic carbocycles. The first-order valence-electron chi connectivity index (χ1n) is 6.24. The number of carbonyl (C=O) groups excluding carboxylic acids is 1. The van der Waals surface area contributed by atoms with Crippen LogP contribution in [0.3, 0.4) is 0 Å². The Morgan fingerprint density at radius 3 is 2.40 bits per heavy atom. The molecule has 20 heavy (non-hydrogen) atoms. The number of amides is 1. The first kappa shape index (κ1) is 16.6. The van der Waals surface area contributed by atoms with Crippen LogP contribution < -0.4 is 10.5 Å². The number of sulfonamides is 1. The lowest BCUT2D eigenvalue weighted by Gasteiger charge is -2.16. The van der Waals surface area contributed by atoms with Gasteiger partial charge in [-0.15, -0.1) is 0 Å². The molecule has 1 amide bonds. The molecule has 0 aliphatic rings. The second-order valence-corrected chi connectivity index (χ2v) is 6.79.